The third kappa shape index (κ3) is 3.14. The Labute approximate surface area is 101 Å². The van der Waals surface area contributed by atoms with Crippen molar-refractivity contribution in [1.29, 1.82) is 0 Å². The fourth-order valence-corrected chi connectivity index (χ4v) is 1.89. The summed E-state index contributed by atoms with van der Waals surface area (Å²) in [7, 11) is 0. The molecule has 0 aromatic heterocycles. The van der Waals surface area contributed by atoms with E-state index < -0.39 is 0 Å². The molecule has 1 aromatic rings. The second-order valence-corrected chi connectivity index (χ2v) is 4.10. The van der Waals surface area contributed by atoms with Crippen LogP contribution in [0.1, 0.15) is 16.8 Å². The second kappa shape index (κ2) is 5.59. The SMILES string of the molecule is O=C(CC(=O)N1CCNCC1)c1ccccc1. The smallest absolute Gasteiger partial charge is 0.230 e. The lowest BCUT2D eigenvalue weighted by Gasteiger charge is -2.27. The van der Waals surface area contributed by atoms with Crippen molar-refractivity contribution in [3.8, 4) is 0 Å². The number of ketones is 1. The summed E-state index contributed by atoms with van der Waals surface area (Å²) in [5.74, 6) is -0.172. The number of hydrogen-bond donors (Lipinski definition) is 1. The van der Waals surface area contributed by atoms with Gasteiger partial charge in [-0.2, -0.15) is 0 Å². The molecule has 1 aliphatic rings. The molecular weight excluding hydrogens is 216 g/mol. The van der Waals surface area contributed by atoms with Crippen molar-refractivity contribution < 1.29 is 9.59 Å². The van der Waals surface area contributed by atoms with Gasteiger partial charge in [-0.15, -0.1) is 0 Å². The summed E-state index contributed by atoms with van der Waals surface area (Å²) in [4.78, 5) is 25.4. The van der Waals surface area contributed by atoms with E-state index in [-0.39, 0.29) is 18.1 Å². The van der Waals surface area contributed by atoms with E-state index in [1.807, 2.05) is 18.2 Å². The van der Waals surface area contributed by atoms with Gasteiger partial charge in [-0.3, -0.25) is 9.59 Å². The van der Waals surface area contributed by atoms with Gasteiger partial charge in [0.15, 0.2) is 5.78 Å². The van der Waals surface area contributed by atoms with Crippen LogP contribution in [0.3, 0.4) is 0 Å². The highest BCUT2D eigenvalue weighted by atomic mass is 16.2. The molecule has 0 atom stereocenters. The molecule has 4 heteroatoms. The fourth-order valence-electron chi connectivity index (χ4n) is 1.89. The van der Waals surface area contributed by atoms with Crippen molar-refractivity contribution in [1.82, 2.24) is 10.2 Å². The van der Waals surface area contributed by atoms with Crippen molar-refractivity contribution in [2.24, 2.45) is 0 Å². The van der Waals surface area contributed by atoms with Gasteiger partial charge < -0.3 is 10.2 Å². The van der Waals surface area contributed by atoms with Crippen LogP contribution >= 0.6 is 0 Å². The van der Waals surface area contributed by atoms with Crippen LogP contribution in [0.4, 0.5) is 0 Å². The molecule has 0 radical (unpaired) electrons. The van der Waals surface area contributed by atoms with Gasteiger partial charge in [0.1, 0.15) is 0 Å². The van der Waals surface area contributed by atoms with Gasteiger partial charge in [-0.1, -0.05) is 30.3 Å². The Bertz CT molecular complexity index is 397. The third-order valence-electron chi connectivity index (χ3n) is 2.88. The van der Waals surface area contributed by atoms with E-state index in [2.05, 4.69) is 5.32 Å². The quantitative estimate of drug-likeness (QED) is 0.616. The second-order valence-electron chi connectivity index (χ2n) is 4.10. The normalized spacial score (nSPS) is 15.6. The Hall–Kier alpha value is -1.68. The molecule has 90 valence electrons. The molecule has 1 N–H and O–H groups in total. The summed E-state index contributed by atoms with van der Waals surface area (Å²) < 4.78 is 0. The minimum atomic E-state index is -0.103. The average Bonchev–Trinajstić information content (AvgIpc) is 2.40. The monoisotopic (exact) mass is 232 g/mol. The fraction of sp³-hybridized carbons (Fsp3) is 0.385. The van der Waals surface area contributed by atoms with Crippen molar-refractivity contribution in [3.05, 3.63) is 35.9 Å². The molecule has 17 heavy (non-hydrogen) atoms. The van der Waals surface area contributed by atoms with Crippen LogP contribution < -0.4 is 5.32 Å². The Kier molecular flexibility index (Phi) is 3.88. The first-order valence-corrected chi connectivity index (χ1v) is 5.84. The highest BCUT2D eigenvalue weighted by molar-refractivity contribution is 6.07. The highest BCUT2D eigenvalue weighted by Crippen LogP contribution is 2.05. The summed E-state index contributed by atoms with van der Waals surface area (Å²) in [5.41, 5.74) is 0.607. The topological polar surface area (TPSA) is 49.4 Å². The van der Waals surface area contributed by atoms with E-state index >= 15 is 0 Å². The minimum Gasteiger partial charge on any atom is -0.340 e. The van der Waals surface area contributed by atoms with E-state index in [9.17, 15) is 9.59 Å². The molecule has 0 bridgehead atoms. The minimum absolute atomic E-state index is 0.0238. The zero-order valence-electron chi connectivity index (χ0n) is 9.69. The number of benzene rings is 1. The first-order chi connectivity index (χ1) is 8.27. The maximum atomic E-state index is 11.9. The zero-order valence-corrected chi connectivity index (χ0v) is 9.69. The number of amides is 1. The lowest BCUT2D eigenvalue weighted by atomic mass is 10.1. The summed E-state index contributed by atoms with van der Waals surface area (Å²) >= 11 is 0. The standard InChI is InChI=1S/C13H16N2O2/c16-12(11-4-2-1-3-5-11)10-13(17)15-8-6-14-7-9-15/h1-5,14H,6-10H2. The zero-order chi connectivity index (χ0) is 12.1. The molecule has 1 aromatic carbocycles. The summed E-state index contributed by atoms with van der Waals surface area (Å²) in [6.45, 7) is 3.01. The van der Waals surface area contributed by atoms with Gasteiger partial charge in [0.2, 0.25) is 5.91 Å². The van der Waals surface area contributed by atoms with Gasteiger partial charge in [0, 0.05) is 31.7 Å². The number of piperazine rings is 1. The van der Waals surface area contributed by atoms with E-state index in [0.717, 1.165) is 13.1 Å². The van der Waals surface area contributed by atoms with Crippen molar-refractivity contribution in [2.75, 3.05) is 26.2 Å². The van der Waals surface area contributed by atoms with Crippen molar-refractivity contribution in [2.45, 2.75) is 6.42 Å². The molecule has 0 aliphatic carbocycles. The molecule has 1 amide bonds. The number of carbonyl (C=O) groups is 2. The van der Waals surface area contributed by atoms with Crippen LogP contribution in [0.15, 0.2) is 30.3 Å². The molecule has 1 aliphatic heterocycles. The van der Waals surface area contributed by atoms with Crippen LogP contribution in [0.2, 0.25) is 0 Å². The number of nitrogens with one attached hydrogen (secondary N) is 1. The Morgan fingerprint density at radius 3 is 2.41 bits per heavy atom. The number of hydrogen-bond acceptors (Lipinski definition) is 3. The average molecular weight is 232 g/mol. The largest absolute Gasteiger partial charge is 0.340 e. The van der Waals surface area contributed by atoms with Gasteiger partial charge in [-0.05, 0) is 0 Å². The Morgan fingerprint density at radius 1 is 1.12 bits per heavy atom. The predicted molar refractivity (Wildman–Crippen MR) is 64.8 cm³/mol. The maximum Gasteiger partial charge on any atom is 0.230 e. The summed E-state index contributed by atoms with van der Waals surface area (Å²) in [5, 5.41) is 3.18. The number of nitrogens with zero attached hydrogens (tertiary/aromatic N) is 1. The molecule has 1 saturated heterocycles. The molecule has 1 fully saturated rings. The lowest BCUT2D eigenvalue weighted by Crippen LogP contribution is -2.46. The van der Waals surface area contributed by atoms with Gasteiger partial charge >= 0.3 is 0 Å². The number of rotatable bonds is 3. The molecule has 1 heterocycles. The van der Waals surface area contributed by atoms with Gasteiger partial charge in [0.05, 0.1) is 6.42 Å². The van der Waals surface area contributed by atoms with Gasteiger partial charge in [0.25, 0.3) is 0 Å². The van der Waals surface area contributed by atoms with Crippen molar-refractivity contribution >= 4 is 11.7 Å². The summed E-state index contributed by atoms with van der Waals surface area (Å²) in [6, 6.07) is 8.96. The molecule has 2 rings (SSSR count). The third-order valence-corrected chi connectivity index (χ3v) is 2.88. The predicted octanol–water partition coefficient (Wildman–Crippen LogP) is 0.691. The van der Waals surface area contributed by atoms with E-state index in [0.29, 0.717) is 18.7 Å². The highest BCUT2D eigenvalue weighted by Gasteiger charge is 2.19. The van der Waals surface area contributed by atoms with Crippen molar-refractivity contribution in [3.63, 3.8) is 0 Å². The molecule has 0 unspecified atom stereocenters. The van der Waals surface area contributed by atoms with Crippen LogP contribution in [-0.2, 0) is 4.79 Å². The van der Waals surface area contributed by atoms with E-state index in [1.54, 1.807) is 17.0 Å². The first-order valence-electron chi connectivity index (χ1n) is 5.84. The Balaban J connectivity index is 1.92. The molecular formula is C13H16N2O2. The lowest BCUT2D eigenvalue weighted by molar-refractivity contribution is -0.130. The van der Waals surface area contributed by atoms with Crippen LogP contribution in [0, 0.1) is 0 Å². The van der Waals surface area contributed by atoms with Crippen LogP contribution in [-0.4, -0.2) is 42.8 Å². The first kappa shape index (κ1) is 11.8. The number of carbonyl (C=O) groups excluding carboxylic acids is 2. The Morgan fingerprint density at radius 2 is 1.76 bits per heavy atom. The molecule has 0 spiro atoms. The number of Topliss-reactive ketones (excluding diaryl/α,β-unsaturated/α-hetero) is 1. The van der Waals surface area contributed by atoms with E-state index in [1.165, 1.54) is 0 Å². The molecule has 4 nitrogen and oxygen atoms in total. The summed E-state index contributed by atoms with van der Waals surface area (Å²) in [6.07, 6.45) is -0.0238. The van der Waals surface area contributed by atoms with Crippen LogP contribution in [0.5, 0.6) is 0 Å². The van der Waals surface area contributed by atoms with Crippen LogP contribution in [0.25, 0.3) is 0 Å². The van der Waals surface area contributed by atoms with Gasteiger partial charge in [-0.25, -0.2) is 0 Å². The maximum absolute atomic E-state index is 11.9. The molecule has 0 saturated carbocycles. The van der Waals surface area contributed by atoms with E-state index in [4.69, 9.17) is 0 Å².